The fourth-order valence-corrected chi connectivity index (χ4v) is 6.64. The lowest BCUT2D eigenvalue weighted by atomic mass is 9.97. The zero-order valence-corrected chi connectivity index (χ0v) is 32.5. The van der Waals surface area contributed by atoms with E-state index in [-0.39, 0.29) is 37.0 Å². The van der Waals surface area contributed by atoms with Crippen LogP contribution in [0.5, 0.6) is 5.75 Å². The summed E-state index contributed by atoms with van der Waals surface area (Å²) in [6.07, 6.45) is -4.45. The van der Waals surface area contributed by atoms with E-state index in [4.69, 9.17) is 11.5 Å². The van der Waals surface area contributed by atoms with E-state index in [1.54, 1.807) is 24.3 Å². The molecule has 2 aromatic carbocycles. The van der Waals surface area contributed by atoms with Crippen LogP contribution in [0.3, 0.4) is 0 Å². The SMILES string of the molecule is Cc1ccc(C[C@@H]2NC(=O)CNC(=O)[C@H](CO)NC(=O)[C@H](C(O)C3CN=C(N)N3)NC(=O)[C@H](C(O)C3CN=C(N)N3)NC(=O)[C@H](Cc3ccc(O)c([N+](=O)[O-])c3)NC2=O)cc1. The van der Waals surface area contributed by atoms with Gasteiger partial charge >= 0.3 is 5.69 Å². The number of carbonyl (C=O) groups is 6. The van der Waals surface area contributed by atoms with E-state index >= 15 is 0 Å². The Morgan fingerprint density at radius 2 is 1.20 bits per heavy atom. The molecule has 0 saturated carbocycles. The summed E-state index contributed by atoms with van der Waals surface area (Å²) < 4.78 is 0. The van der Waals surface area contributed by atoms with Crippen molar-refractivity contribution in [2.45, 2.75) is 74.3 Å². The molecular formula is C36H47N13O12. The summed E-state index contributed by atoms with van der Waals surface area (Å²) in [5.74, 6) is -7.59. The number of nitro groups is 1. The number of hydrogen-bond acceptors (Lipinski definition) is 18. The molecule has 2 aromatic rings. The molecule has 0 spiro atoms. The molecule has 9 atom stereocenters. The molecule has 16 N–H and O–H groups in total. The molecule has 6 amide bonds. The predicted molar refractivity (Wildman–Crippen MR) is 212 cm³/mol. The second kappa shape index (κ2) is 19.8. The minimum absolute atomic E-state index is 0.0398. The second-order valence-corrected chi connectivity index (χ2v) is 14.5. The van der Waals surface area contributed by atoms with Crippen LogP contribution in [0.15, 0.2) is 52.4 Å². The summed E-state index contributed by atoms with van der Waals surface area (Å²) in [5, 5.41) is 74.2. The van der Waals surface area contributed by atoms with Gasteiger partial charge in [-0.2, -0.15) is 0 Å². The number of nitrogens with zero attached hydrogens (tertiary/aromatic N) is 3. The number of aliphatic hydroxyl groups excluding tert-OH is 3. The Labute approximate surface area is 346 Å². The van der Waals surface area contributed by atoms with Gasteiger partial charge in [-0.15, -0.1) is 0 Å². The van der Waals surface area contributed by atoms with E-state index in [2.05, 4.69) is 52.5 Å². The number of carbonyl (C=O) groups excluding carboxylic acids is 6. The van der Waals surface area contributed by atoms with Crippen LogP contribution < -0.4 is 54.0 Å². The summed E-state index contributed by atoms with van der Waals surface area (Å²) in [5.41, 5.74) is 12.2. The average Bonchev–Trinajstić information content (AvgIpc) is 3.87. The number of phenolic OH excluding ortho intramolecular Hbond substituents is 1. The maximum Gasteiger partial charge on any atom is 0.310 e. The monoisotopic (exact) mass is 853 g/mol. The Kier molecular flexibility index (Phi) is 14.6. The van der Waals surface area contributed by atoms with Gasteiger partial charge in [-0.3, -0.25) is 48.9 Å². The summed E-state index contributed by atoms with van der Waals surface area (Å²) in [7, 11) is 0. The molecule has 0 aliphatic carbocycles. The van der Waals surface area contributed by atoms with Crippen LogP contribution in [0.2, 0.25) is 0 Å². The van der Waals surface area contributed by atoms with Crippen LogP contribution in [0.25, 0.3) is 0 Å². The van der Waals surface area contributed by atoms with Gasteiger partial charge in [-0.25, -0.2) is 0 Å². The van der Waals surface area contributed by atoms with Crippen LogP contribution in [0.1, 0.15) is 16.7 Å². The van der Waals surface area contributed by atoms with Gasteiger partial charge in [0.15, 0.2) is 17.7 Å². The zero-order valence-electron chi connectivity index (χ0n) is 32.5. The van der Waals surface area contributed by atoms with Crippen molar-refractivity contribution in [2.75, 3.05) is 26.2 Å². The lowest BCUT2D eigenvalue weighted by Gasteiger charge is -2.33. The quantitative estimate of drug-likeness (QED) is 0.0780. The van der Waals surface area contributed by atoms with Crippen molar-refractivity contribution in [2.24, 2.45) is 21.5 Å². The number of nitro benzene ring substituents is 1. The summed E-state index contributed by atoms with van der Waals surface area (Å²) in [4.78, 5) is 102. The van der Waals surface area contributed by atoms with Crippen molar-refractivity contribution in [3.8, 4) is 5.75 Å². The van der Waals surface area contributed by atoms with E-state index < -0.39 is 126 Å². The molecule has 328 valence electrons. The molecule has 3 aliphatic heterocycles. The lowest BCUT2D eigenvalue weighted by Crippen LogP contribution is -2.67. The number of guanidine groups is 2. The summed E-state index contributed by atoms with van der Waals surface area (Å²) >= 11 is 0. The first-order valence-corrected chi connectivity index (χ1v) is 18.8. The van der Waals surface area contributed by atoms with Gasteiger partial charge < -0.3 is 74.4 Å². The number of nitrogens with one attached hydrogen (secondary N) is 8. The van der Waals surface area contributed by atoms with Crippen LogP contribution in [-0.2, 0) is 41.6 Å². The Bertz CT molecular complexity index is 2080. The van der Waals surface area contributed by atoms with E-state index in [0.29, 0.717) is 5.56 Å². The van der Waals surface area contributed by atoms with Crippen LogP contribution in [-0.4, -0.2) is 153 Å². The van der Waals surface area contributed by atoms with E-state index in [0.717, 1.165) is 17.7 Å². The van der Waals surface area contributed by atoms with E-state index in [9.17, 15) is 59.3 Å². The van der Waals surface area contributed by atoms with Gasteiger partial charge in [0.1, 0.15) is 42.4 Å². The first-order chi connectivity index (χ1) is 28.9. The summed E-state index contributed by atoms with van der Waals surface area (Å²) in [6, 6.07) is -1.14. The molecule has 4 unspecified atom stereocenters. The van der Waals surface area contributed by atoms with Crippen molar-refractivity contribution < 1.29 is 54.1 Å². The fraction of sp³-hybridized carbons (Fsp3) is 0.444. The van der Waals surface area contributed by atoms with Crippen LogP contribution in [0.4, 0.5) is 5.69 Å². The minimum Gasteiger partial charge on any atom is -0.502 e. The van der Waals surface area contributed by atoms with Crippen molar-refractivity contribution in [1.82, 2.24) is 42.5 Å². The largest absolute Gasteiger partial charge is 0.502 e. The number of benzene rings is 2. The third-order valence-corrected chi connectivity index (χ3v) is 10.0. The standard InChI is InChI=1S/C36H47N13O12/c1-15-2-4-16(5-3-15)8-18-31(56)43-19(9-17-6-7-24(51)23(10-17)49(60)61)32(57)47-27(29(54)21-12-41-36(38)46-21)34(59)48-26(28(53)20-11-40-35(37)45-20)33(58)44-22(14-50)30(55)39-13-25(52)42-18/h2-7,10,18-22,26-29,50-51,53-54H,8-9,11-14H2,1H3,(H,39,55)(H,42,52)(H,43,56)(H,44,58)(H,47,57)(H,48,59)(H3,37,40,45)(H3,38,41,46)/t18-,19-,20?,21?,22-,26-,27-,28?,29?/m0/s1. The topological polar surface area (TPSA) is 399 Å². The van der Waals surface area contributed by atoms with Gasteiger partial charge in [0.05, 0.1) is 43.2 Å². The molecule has 0 bridgehead atoms. The number of aromatic hydroxyl groups is 1. The number of rotatable bonds is 10. The zero-order chi connectivity index (χ0) is 44.5. The minimum atomic E-state index is -2.04. The fourth-order valence-electron chi connectivity index (χ4n) is 6.64. The van der Waals surface area contributed by atoms with Crippen LogP contribution in [0, 0.1) is 17.0 Å². The highest BCUT2D eigenvalue weighted by Gasteiger charge is 2.43. The van der Waals surface area contributed by atoms with Crippen molar-refractivity contribution in [1.29, 1.82) is 0 Å². The Morgan fingerprint density at radius 1 is 0.705 bits per heavy atom. The third-order valence-electron chi connectivity index (χ3n) is 10.0. The van der Waals surface area contributed by atoms with Crippen molar-refractivity contribution in [3.63, 3.8) is 0 Å². The number of aliphatic hydroxyl groups is 3. The molecule has 0 radical (unpaired) electrons. The third kappa shape index (κ3) is 11.5. The Balaban J connectivity index is 1.57. The van der Waals surface area contributed by atoms with Gasteiger partial charge in [0, 0.05) is 18.9 Å². The Hall–Kier alpha value is -7.12. The predicted octanol–water partition coefficient (Wildman–Crippen LogP) is -6.77. The highest BCUT2D eigenvalue weighted by Crippen LogP contribution is 2.27. The molecular weight excluding hydrogens is 806 g/mol. The molecule has 5 rings (SSSR count). The number of aryl methyl sites for hydroxylation is 1. The Morgan fingerprint density at radius 3 is 1.74 bits per heavy atom. The van der Waals surface area contributed by atoms with E-state index in [1.165, 1.54) is 6.07 Å². The lowest BCUT2D eigenvalue weighted by molar-refractivity contribution is -0.385. The number of nitrogens with two attached hydrogens (primary N) is 2. The van der Waals surface area contributed by atoms with Gasteiger partial charge in [-0.05, 0) is 24.1 Å². The molecule has 0 aromatic heterocycles. The molecule has 25 nitrogen and oxygen atoms in total. The van der Waals surface area contributed by atoms with Gasteiger partial charge in [0.25, 0.3) is 0 Å². The smallest absolute Gasteiger partial charge is 0.310 e. The molecule has 25 heteroatoms. The first-order valence-electron chi connectivity index (χ1n) is 18.8. The number of hydrogen-bond donors (Lipinski definition) is 14. The van der Waals surface area contributed by atoms with Crippen molar-refractivity contribution >= 4 is 53.0 Å². The number of phenols is 1. The molecule has 3 heterocycles. The van der Waals surface area contributed by atoms with Gasteiger partial charge in [0.2, 0.25) is 35.4 Å². The maximum atomic E-state index is 14.4. The number of amides is 6. The first kappa shape index (κ1) is 45.0. The molecule has 3 aliphatic rings. The second-order valence-electron chi connectivity index (χ2n) is 14.5. The highest BCUT2D eigenvalue weighted by molar-refractivity contribution is 5.98. The van der Waals surface area contributed by atoms with Crippen molar-refractivity contribution in [3.05, 3.63) is 69.3 Å². The van der Waals surface area contributed by atoms with Gasteiger partial charge in [-0.1, -0.05) is 35.9 Å². The van der Waals surface area contributed by atoms with E-state index in [1.807, 2.05) is 6.92 Å². The molecule has 61 heavy (non-hydrogen) atoms. The molecule has 1 saturated heterocycles. The number of aliphatic imine (C=N–C) groups is 2. The highest BCUT2D eigenvalue weighted by atomic mass is 16.6. The van der Waals surface area contributed by atoms with Crippen LogP contribution >= 0.6 is 0 Å². The average molecular weight is 854 g/mol. The maximum absolute atomic E-state index is 14.4. The normalized spacial score (nSPS) is 26.5. The summed E-state index contributed by atoms with van der Waals surface area (Å²) in [6.45, 7) is -0.361. The molecule has 1 fully saturated rings.